The van der Waals surface area contributed by atoms with E-state index in [1.165, 1.54) is 38.4 Å². The van der Waals surface area contributed by atoms with E-state index in [-0.39, 0.29) is 0 Å². The Morgan fingerprint density at radius 2 is 1.76 bits per heavy atom. The van der Waals surface area contributed by atoms with E-state index in [2.05, 4.69) is 21.5 Å². The van der Waals surface area contributed by atoms with Gasteiger partial charge >= 0.3 is 0 Å². The molecule has 0 radical (unpaired) electrons. The van der Waals surface area contributed by atoms with Crippen molar-refractivity contribution < 1.29 is 9.47 Å². The monoisotopic (exact) mass is 311 g/mol. The van der Waals surface area contributed by atoms with Crippen LogP contribution in [0.25, 0.3) is 0 Å². The highest BCUT2D eigenvalue weighted by Gasteiger charge is 2.30. The topological polar surface area (TPSA) is 56.3 Å². The summed E-state index contributed by atoms with van der Waals surface area (Å²) in [6, 6.07) is 0. The van der Waals surface area contributed by atoms with E-state index in [0.717, 1.165) is 12.1 Å². The van der Waals surface area contributed by atoms with Gasteiger partial charge in [-0.05, 0) is 19.1 Å². The molecule has 1 N–H and O–H groups in total. The summed E-state index contributed by atoms with van der Waals surface area (Å²) in [4.78, 5) is 8.30. The van der Waals surface area contributed by atoms with Gasteiger partial charge in [-0.15, -0.1) is 0 Å². The van der Waals surface area contributed by atoms with Crippen molar-refractivity contribution in [3.05, 3.63) is 11.9 Å². The van der Waals surface area contributed by atoms with Gasteiger partial charge in [0.05, 0.1) is 19.8 Å². The molecule has 0 aliphatic heterocycles. The molecule has 1 fully saturated rings. The van der Waals surface area contributed by atoms with E-state index < -0.39 is 0 Å². The van der Waals surface area contributed by atoms with Crippen LogP contribution in [-0.4, -0.2) is 41.7 Å². The predicted molar refractivity (Wildman–Crippen MR) is 86.2 cm³/mol. The van der Waals surface area contributed by atoms with E-state index in [0.29, 0.717) is 23.1 Å². The SMILES string of the molecule is COc1ncnc(OC)c1CNCC1(SC)CCCCC1. The van der Waals surface area contributed by atoms with Crippen molar-refractivity contribution in [3.8, 4) is 11.8 Å². The highest BCUT2D eigenvalue weighted by molar-refractivity contribution is 8.00. The lowest BCUT2D eigenvalue weighted by atomic mass is 9.88. The van der Waals surface area contributed by atoms with Gasteiger partial charge < -0.3 is 14.8 Å². The fourth-order valence-corrected chi connectivity index (χ4v) is 3.89. The highest BCUT2D eigenvalue weighted by atomic mass is 32.2. The van der Waals surface area contributed by atoms with Crippen LogP contribution in [0.1, 0.15) is 37.7 Å². The van der Waals surface area contributed by atoms with E-state index in [4.69, 9.17) is 9.47 Å². The van der Waals surface area contributed by atoms with Gasteiger partial charge in [0.2, 0.25) is 11.8 Å². The Bertz CT molecular complexity index is 428. The van der Waals surface area contributed by atoms with Crippen LogP contribution in [0.4, 0.5) is 0 Å². The smallest absolute Gasteiger partial charge is 0.224 e. The summed E-state index contributed by atoms with van der Waals surface area (Å²) in [6.45, 7) is 1.66. The average Bonchev–Trinajstić information content (AvgIpc) is 2.55. The van der Waals surface area contributed by atoms with Gasteiger partial charge in [-0.2, -0.15) is 11.8 Å². The van der Waals surface area contributed by atoms with Gasteiger partial charge in [-0.1, -0.05) is 19.3 Å². The number of nitrogens with zero attached hydrogens (tertiary/aromatic N) is 2. The van der Waals surface area contributed by atoms with Crippen LogP contribution < -0.4 is 14.8 Å². The Morgan fingerprint density at radius 3 is 2.29 bits per heavy atom. The van der Waals surface area contributed by atoms with Gasteiger partial charge in [-0.25, -0.2) is 9.97 Å². The molecular weight excluding hydrogens is 286 g/mol. The Kier molecular flexibility index (Phi) is 6.11. The zero-order valence-electron chi connectivity index (χ0n) is 13.1. The van der Waals surface area contributed by atoms with Crippen LogP contribution in [0.2, 0.25) is 0 Å². The number of hydrogen-bond acceptors (Lipinski definition) is 6. The minimum atomic E-state index is 0.369. The van der Waals surface area contributed by atoms with Crippen molar-refractivity contribution in [3.63, 3.8) is 0 Å². The summed E-state index contributed by atoms with van der Waals surface area (Å²) in [6.07, 6.45) is 10.3. The lowest BCUT2D eigenvalue weighted by Crippen LogP contribution is -2.39. The van der Waals surface area contributed by atoms with Gasteiger partial charge in [0.25, 0.3) is 0 Å². The van der Waals surface area contributed by atoms with Crippen LogP contribution >= 0.6 is 11.8 Å². The number of aromatic nitrogens is 2. The van der Waals surface area contributed by atoms with Crippen LogP contribution in [0.5, 0.6) is 11.8 Å². The van der Waals surface area contributed by atoms with Gasteiger partial charge in [0.1, 0.15) is 6.33 Å². The van der Waals surface area contributed by atoms with Gasteiger partial charge in [0, 0.05) is 17.8 Å². The van der Waals surface area contributed by atoms with Gasteiger partial charge in [-0.3, -0.25) is 0 Å². The normalized spacial score (nSPS) is 17.5. The molecule has 118 valence electrons. The molecule has 1 saturated carbocycles. The number of ether oxygens (including phenoxy) is 2. The van der Waals surface area contributed by atoms with Crippen LogP contribution in [0.3, 0.4) is 0 Å². The number of hydrogen-bond donors (Lipinski definition) is 1. The van der Waals surface area contributed by atoms with Crippen LogP contribution in [0.15, 0.2) is 6.33 Å². The summed E-state index contributed by atoms with van der Waals surface area (Å²) >= 11 is 1.99. The molecule has 0 unspecified atom stereocenters. The van der Waals surface area contributed by atoms with Crippen molar-refractivity contribution in [2.24, 2.45) is 0 Å². The van der Waals surface area contributed by atoms with E-state index in [1.54, 1.807) is 14.2 Å². The molecule has 0 atom stereocenters. The second-order valence-corrected chi connectivity index (χ2v) is 6.70. The van der Waals surface area contributed by atoms with Crippen LogP contribution in [0, 0.1) is 0 Å². The number of methoxy groups -OCH3 is 2. The Labute approximate surface area is 131 Å². The number of thioether (sulfide) groups is 1. The Hall–Kier alpha value is -1.01. The van der Waals surface area contributed by atoms with Crippen LogP contribution in [-0.2, 0) is 6.54 Å². The molecule has 1 heterocycles. The third kappa shape index (κ3) is 4.01. The quantitative estimate of drug-likeness (QED) is 0.835. The minimum absolute atomic E-state index is 0.369. The van der Waals surface area contributed by atoms with Crippen molar-refractivity contribution >= 4 is 11.8 Å². The average molecular weight is 311 g/mol. The molecule has 1 aromatic heterocycles. The Morgan fingerprint density at radius 1 is 1.14 bits per heavy atom. The Balaban J connectivity index is 1.99. The maximum Gasteiger partial charge on any atom is 0.224 e. The number of nitrogens with one attached hydrogen (secondary N) is 1. The summed E-state index contributed by atoms with van der Waals surface area (Å²) in [5, 5.41) is 3.55. The lowest BCUT2D eigenvalue weighted by Gasteiger charge is -2.36. The first-order chi connectivity index (χ1) is 10.2. The highest BCUT2D eigenvalue weighted by Crippen LogP contribution is 2.38. The number of rotatable bonds is 7. The molecule has 0 saturated heterocycles. The summed E-state index contributed by atoms with van der Waals surface area (Å²) in [5.74, 6) is 1.16. The molecule has 0 bridgehead atoms. The lowest BCUT2D eigenvalue weighted by molar-refractivity contribution is 0.351. The molecule has 6 heteroatoms. The second-order valence-electron chi connectivity index (χ2n) is 5.42. The maximum atomic E-state index is 5.31. The van der Waals surface area contributed by atoms with E-state index in [9.17, 15) is 0 Å². The molecule has 5 nitrogen and oxygen atoms in total. The standard InChI is InChI=1S/C15H25N3O2S/c1-19-13-12(14(20-2)18-11-17-13)9-16-10-15(21-3)7-5-4-6-8-15/h11,16H,4-10H2,1-3H3. The molecule has 2 rings (SSSR count). The zero-order valence-corrected chi connectivity index (χ0v) is 14.0. The fraction of sp³-hybridized carbons (Fsp3) is 0.733. The molecule has 0 spiro atoms. The van der Waals surface area contributed by atoms with Crippen molar-refractivity contribution in [2.45, 2.75) is 43.4 Å². The fourth-order valence-electron chi connectivity index (χ4n) is 2.95. The summed E-state index contributed by atoms with van der Waals surface area (Å²) in [5.41, 5.74) is 0.884. The first kappa shape index (κ1) is 16.4. The summed E-state index contributed by atoms with van der Waals surface area (Å²) < 4.78 is 11.0. The maximum absolute atomic E-state index is 5.31. The molecule has 0 amide bonds. The summed E-state index contributed by atoms with van der Waals surface area (Å²) in [7, 11) is 3.24. The van der Waals surface area contributed by atoms with E-state index >= 15 is 0 Å². The third-order valence-electron chi connectivity index (χ3n) is 4.20. The second kappa shape index (κ2) is 7.84. The molecule has 0 aromatic carbocycles. The van der Waals surface area contributed by atoms with Crippen molar-refractivity contribution in [1.29, 1.82) is 0 Å². The van der Waals surface area contributed by atoms with E-state index in [1.807, 2.05) is 11.8 Å². The van der Waals surface area contributed by atoms with Crippen molar-refractivity contribution in [1.82, 2.24) is 15.3 Å². The zero-order chi connectivity index (χ0) is 15.1. The molecule has 21 heavy (non-hydrogen) atoms. The van der Waals surface area contributed by atoms with Gasteiger partial charge in [0.15, 0.2) is 0 Å². The first-order valence-corrected chi connectivity index (χ1v) is 8.65. The molecular formula is C15H25N3O2S. The molecule has 1 aliphatic carbocycles. The first-order valence-electron chi connectivity index (χ1n) is 7.42. The third-order valence-corrected chi connectivity index (χ3v) is 5.62. The minimum Gasteiger partial charge on any atom is -0.481 e. The van der Waals surface area contributed by atoms with Crippen molar-refractivity contribution in [2.75, 3.05) is 27.0 Å². The largest absolute Gasteiger partial charge is 0.481 e. The molecule has 1 aliphatic rings. The molecule has 1 aromatic rings. The predicted octanol–water partition coefficient (Wildman–Crippen LogP) is 2.65.